The molecule has 0 radical (unpaired) electrons. The lowest BCUT2D eigenvalue weighted by molar-refractivity contribution is -0.137. The number of aromatic nitrogens is 5. The van der Waals surface area contributed by atoms with E-state index in [2.05, 4.69) is 46.4 Å². The second-order valence-corrected chi connectivity index (χ2v) is 9.47. The smallest absolute Gasteiger partial charge is 0.332 e. The standard InChI is InChI=1S/C24H21ClF3N9S/c1-12-8-20(33-21-10-18(36-37-21)13-2-3-13)34-22(30-12)31-15-5-7-19(29-11-15)35-23(38)32-14-4-6-17(25)16(9-14)24(26,27)28/h4-11,13H,2-3H2,1H3,(H2,29,32,35,38)(H3,30,31,33,34,36,37). The van der Waals surface area contributed by atoms with E-state index in [-0.39, 0.29) is 10.8 Å². The average molecular weight is 560 g/mol. The maximum atomic E-state index is 13.1. The molecule has 1 aromatic carbocycles. The van der Waals surface area contributed by atoms with E-state index in [1.807, 2.05) is 19.1 Å². The zero-order chi connectivity index (χ0) is 26.9. The highest BCUT2D eigenvalue weighted by atomic mass is 35.5. The number of nitrogens with zero attached hydrogens (tertiary/aromatic N) is 4. The van der Waals surface area contributed by atoms with Crippen molar-refractivity contribution in [1.82, 2.24) is 25.1 Å². The Kier molecular flexibility index (Phi) is 7.04. The summed E-state index contributed by atoms with van der Waals surface area (Å²) in [7, 11) is 0. The van der Waals surface area contributed by atoms with Crippen molar-refractivity contribution in [2.24, 2.45) is 0 Å². The van der Waals surface area contributed by atoms with Gasteiger partial charge in [-0.1, -0.05) is 11.6 Å². The summed E-state index contributed by atoms with van der Waals surface area (Å²) in [6, 6.07) is 10.6. The lowest BCUT2D eigenvalue weighted by Gasteiger charge is -2.14. The number of aryl methyl sites for hydroxylation is 1. The molecule has 0 amide bonds. The van der Waals surface area contributed by atoms with Crippen molar-refractivity contribution in [1.29, 1.82) is 0 Å². The first-order valence-electron chi connectivity index (χ1n) is 11.5. The number of anilines is 6. The molecular formula is C24H21ClF3N9S. The lowest BCUT2D eigenvalue weighted by atomic mass is 10.2. The van der Waals surface area contributed by atoms with Crippen LogP contribution in [-0.4, -0.2) is 30.3 Å². The third kappa shape index (κ3) is 6.47. The Morgan fingerprint density at radius 2 is 1.76 bits per heavy atom. The molecule has 0 atom stereocenters. The minimum absolute atomic E-state index is 0.0644. The van der Waals surface area contributed by atoms with Crippen LogP contribution in [0.25, 0.3) is 0 Å². The van der Waals surface area contributed by atoms with Crippen LogP contribution >= 0.6 is 23.8 Å². The number of aromatic amines is 1. The second-order valence-electron chi connectivity index (χ2n) is 8.65. The minimum Gasteiger partial charge on any atom is -0.332 e. The predicted molar refractivity (Wildman–Crippen MR) is 144 cm³/mol. The first kappa shape index (κ1) is 25.7. The number of hydrogen-bond acceptors (Lipinski definition) is 7. The van der Waals surface area contributed by atoms with Gasteiger partial charge in [0.15, 0.2) is 10.9 Å². The molecule has 0 saturated heterocycles. The van der Waals surface area contributed by atoms with Crippen LogP contribution in [0.3, 0.4) is 0 Å². The summed E-state index contributed by atoms with van der Waals surface area (Å²) in [6.45, 7) is 1.86. The van der Waals surface area contributed by atoms with Gasteiger partial charge in [0.1, 0.15) is 11.6 Å². The Labute approximate surface area is 225 Å². The van der Waals surface area contributed by atoms with Crippen LogP contribution in [0.2, 0.25) is 5.02 Å². The van der Waals surface area contributed by atoms with Crippen molar-refractivity contribution in [2.75, 3.05) is 21.3 Å². The van der Waals surface area contributed by atoms with Crippen molar-refractivity contribution in [3.8, 4) is 0 Å². The molecule has 0 aliphatic heterocycles. The molecule has 1 fully saturated rings. The fraction of sp³-hybridized carbons (Fsp3) is 0.208. The molecule has 5 N–H and O–H groups in total. The summed E-state index contributed by atoms with van der Waals surface area (Å²) >= 11 is 10.9. The van der Waals surface area contributed by atoms with Crippen LogP contribution in [-0.2, 0) is 6.18 Å². The number of thiocarbonyl (C=S) groups is 1. The van der Waals surface area contributed by atoms with E-state index in [9.17, 15) is 13.2 Å². The first-order chi connectivity index (χ1) is 18.1. The highest BCUT2D eigenvalue weighted by Gasteiger charge is 2.33. The van der Waals surface area contributed by atoms with E-state index in [1.165, 1.54) is 18.9 Å². The van der Waals surface area contributed by atoms with E-state index in [0.717, 1.165) is 23.5 Å². The number of benzene rings is 1. The molecule has 3 heterocycles. The summed E-state index contributed by atoms with van der Waals surface area (Å²) < 4.78 is 39.3. The van der Waals surface area contributed by atoms with Crippen LogP contribution in [0, 0.1) is 6.92 Å². The van der Waals surface area contributed by atoms with Crippen LogP contribution in [0.15, 0.2) is 48.7 Å². The summed E-state index contributed by atoms with van der Waals surface area (Å²) in [5, 5.41) is 18.8. The molecule has 1 aliphatic rings. The molecule has 5 rings (SSSR count). The average Bonchev–Trinajstić information content (AvgIpc) is 3.59. The number of pyridine rings is 1. The molecule has 196 valence electrons. The minimum atomic E-state index is -4.58. The number of H-pyrrole nitrogens is 1. The van der Waals surface area contributed by atoms with Gasteiger partial charge in [0, 0.05) is 35.1 Å². The van der Waals surface area contributed by atoms with E-state index in [4.69, 9.17) is 23.8 Å². The molecule has 14 heteroatoms. The van der Waals surface area contributed by atoms with Gasteiger partial charge in [-0.3, -0.25) is 5.10 Å². The zero-order valence-electron chi connectivity index (χ0n) is 19.8. The van der Waals surface area contributed by atoms with Crippen molar-refractivity contribution in [3.63, 3.8) is 0 Å². The first-order valence-corrected chi connectivity index (χ1v) is 12.3. The maximum absolute atomic E-state index is 13.1. The molecular weight excluding hydrogens is 539 g/mol. The summed E-state index contributed by atoms with van der Waals surface area (Å²) in [5.74, 6) is 2.60. The summed E-state index contributed by atoms with van der Waals surface area (Å²) in [6.07, 6.45) is -0.676. The fourth-order valence-corrected chi connectivity index (χ4v) is 4.04. The van der Waals surface area contributed by atoms with Crippen molar-refractivity contribution < 1.29 is 13.2 Å². The predicted octanol–water partition coefficient (Wildman–Crippen LogP) is 6.75. The number of alkyl halides is 3. The molecule has 3 aromatic heterocycles. The van der Waals surface area contributed by atoms with E-state index in [0.29, 0.717) is 35.0 Å². The molecule has 0 unspecified atom stereocenters. The molecule has 0 spiro atoms. The second kappa shape index (κ2) is 10.4. The van der Waals surface area contributed by atoms with Crippen LogP contribution < -0.4 is 21.3 Å². The highest BCUT2D eigenvalue weighted by Crippen LogP contribution is 2.39. The summed E-state index contributed by atoms with van der Waals surface area (Å²) in [4.78, 5) is 13.2. The van der Waals surface area contributed by atoms with E-state index in [1.54, 1.807) is 18.3 Å². The Morgan fingerprint density at radius 3 is 2.47 bits per heavy atom. The third-order valence-electron chi connectivity index (χ3n) is 5.52. The third-order valence-corrected chi connectivity index (χ3v) is 6.05. The molecule has 1 aliphatic carbocycles. The van der Waals surface area contributed by atoms with Gasteiger partial charge in [-0.2, -0.15) is 23.3 Å². The Hall–Kier alpha value is -3.97. The molecule has 0 bridgehead atoms. The van der Waals surface area contributed by atoms with E-state index < -0.39 is 16.8 Å². The monoisotopic (exact) mass is 559 g/mol. The van der Waals surface area contributed by atoms with Gasteiger partial charge in [0.25, 0.3) is 0 Å². The van der Waals surface area contributed by atoms with E-state index >= 15 is 0 Å². The SMILES string of the molecule is Cc1cc(Nc2cc(C3CC3)[nH]n2)nc(Nc2ccc(NC(=S)Nc3ccc(Cl)c(C(F)(F)F)c3)nc2)n1. The Morgan fingerprint density at radius 1 is 0.974 bits per heavy atom. The maximum Gasteiger partial charge on any atom is 0.417 e. The quantitative estimate of drug-likeness (QED) is 0.157. The number of nitrogens with one attached hydrogen (secondary N) is 5. The molecule has 1 saturated carbocycles. The number of hydrogen-bond donors (Lipinski definition) is 5. The van der Waals surface area contributed by atoms with Gasteiger partial charge in [-0.15, -0.1) is 0 Å². The fourth-order valence-electron chi connectivity index (χ4n) is 3.59. The Balaban J connectivity index is 1.20. The van der Waals surface area contributed by atoms with Gasteiger partial charge in [0.05, 0.1) is 22.5 Å². The van der Waals surface area contributed by atoms with Crippen molar-refractivity contribution in [3.05, 3.63) is 70.6 Å². The number of rotatable bonds is 7. The lowest BCUT2D eigenvalue weighted by Crippen LogP contribution is -2.20. The van der Waals surface area contributed by atoms with Crippen LogP contribution in [0.5, 0.6) is 0 Å². The zero-order valence-corrected chi connectivity index (χ0v) is 21.4. The Bertz CT molecular complexity index is 1470. The van der Waals surface area contributed by atoms with Gasteiger partial charge >= 0.3 is 6.18 Å². The van der Waals surface area contributed by atoms with Crippen molar-refractivity contribution in [2.45, 2.75) is 31.9 Å². The molecule has 38 heavy (non-hydrogen) atoms. The molecule has 9 nitrogen and oxygen atoms in total. The van der Waals surface area contributed by atoms with Crippen LogP contribution in [0.4, 0.5) is 47.9 Å². The van der Waals surface area contributed by atoms with Crippen LogP contribution in [0.1, 0.15) is 35.7 Å². The van der Waals surface area contributed by atoms with Crippen molar-refractivity contribution >= 4 is 63.7 Å². The molecule has 4 aromatic rings. The summed E-state index contributed by atoms with van der Waals surface area (Å²) in [5.41, 5.74) is 1.67. The van der Waals surface area contributed by atoms with Gasteiger partial charge < -0.3 is 21.3 Å². The van der Waals surface area contributed by atoms with Gasteiger partial charge in [0.2, 0.25) is 5.95 Å². The topological polar surface area (TPSA) is 115 Å². The highest BCUT2D eigenvalue weighted by molar-refractivity contribution is 7.80. The number of halogens is 4. The van der Waals surface area contributed by atoms with Gasteiger partial charge in [-0.25, -0.2) is 9.97 Å². The van der Waals surface area contributed by atoms with Gasteiger partial charge in [-0.05, 0) is 62.3 Å². The largest absolute Gasteiger partial charge is 0.417 e. The normalized spacial score (nSPS) is 13.2.